The summed E-state index contributed by atoms with van der Waals surface area (Å²) in [7, 11) is 0. The number of benzene rings is 1. The average Bonchev–Trinajstić information content (AvgIpc) is 2.51. The Hall–Kier alpha value is -1.91. The molecule has 114 valence electrons. The fourth-order valence-corrected chi connectivity index (χ4v) is 3.29. The Balaban J connectivity index is 2.28. The van der Waals surface area contributed by atoms with E-state index in [9.17, 15) is 4.79 Å². The largest absolute Gasteiger partial charge is 0.378 e. The normalized spacial score (nSPS) is 15.0. The molecular formula is C15H15BrN4O2. The second-order valence-corrected chi connectivity index (χ2v) is 6.06. The molecule has 1 fully saturated rings. The molecule has 0 aliphatic carbocycles. The number of nitrogens with zero attached hydrogens (tertiary/aromatic N) is 4. The van der Waals surface area contributed by atoms with E-state index in [0.717, 1.165) is 10.0 Å². The van der Waals surface area contributed by atoms with E-state index >= 15 is 0 Å². The molecule has 22 heavy (non-hydrogen) atoms. The van der Waals surface area contributed by atoms with E-state index in [1.165, 1.54) is 4.57 Å². The molecule has 0 N–H and O–H groups in total. The average molecular weight is 363 g/mol. The highest BCUT2D eigenvalue weighted by atomic mass is 79.9. The van der Waals surface area contributed by atoms with Crippen LogP contribution in [0.3, 0.4) is 0 Å². The van der Waals surface area contributed by atoms with Crippen molar-refractivity contribution < 1.29 is 4.74 Å². The van der Waals surface area contributed by atoms with Crippen molar-refractivity contribution in [2.75, 3.05) is 31.2 Å². The minimum absolute atomic E-state index is 0.0139. The Morgan fingerprint density at radius 1 is 1.41 bits per heavy atom. The van der Waals surface area contributed by atoms with Crippen LogP contribution in [0.15, 0.2) is 21.4 Å². The van der Waals surface area contributed by atoms with E-state index in [2.05, 4.69) is 27.0 Å². The maximum atomic E-state index is 12.8. The highest BCUT2D eigenvalue weighted by Crippen LogP contribution is 2.24. The lowest BCUT2D eigenvalue weighted by molar-refractivity contribution is 0.121. The number of hydrogen-bond acceptors (Lipinski definition) is 5. The number of ether oxygens (including phenoxy) is 1. The zero-order valence-corrected chi connectivity index (χ0v) is 13.8. The van der Waals surface area contributed by atoms with Gasteiger partial charge in [0.1, 0.15) is 6.54 Å². The van der Waals surface area contributed by atoms with Crippen LogP contribution >= 0.6 is 15.9 Å². The van der Waals surface area contributed by atoms with Crippen molar-refractivity contribution in [2.24, 2.45) is 0 Å². The minimum atomic E-state index is -0.183. The molecule has 0 spiro atoms. The van der Waals surface area contributed by atoms with Gasteiger partial charge in [0.25, 0.3) is 5.56 Å². The molecule has 2 heterocycles. The van der Waals surface area contributed by atoms with E-state index in [1.54, 1.807) is 0 Å². The predicted octanol–water partition coefficient (Wildman–Crippen LogP) is 1.83. The molecule has 7 heteroatoms. The van der Waals surface area contributed by atoms with Crippen molar-refractivity contribution in [3.8, 4) is 6.07 Å². The van der Waals surface area contributed by atoms with Crippen LogP contribution in [-0.4, -0.2) is 35.9 Å². The van der Waals surface area contributed by atoms with Crippen molar-refractivity contribution in [2.45, 2.75) is 13.5 Å². The van der Waals surface area contributed by atoms with Gasteiger partial charge in [0, 0.05) is 17.6 Å². The SMILES string of the molecule is Cc1cc(Br)c2nc(N3CCOCC3)n(CC#N)c(=O)c2c1. The molecule has 1 aliphatic heterocycles. The first kappa shape index (κ1) is 15.0. The summed E-state index contributed by atoms with van der Waals surface area (Å²) in [5, 5.41) is 9.59. The lowest BCUT2D eigenvalue weighted by Gasteiger charge is -2.29. The Kier molecular flexibility index (Phi) is 4.14. The number of morpholine rings is 1. The first-order chi connectivity index (χ1) is 10.6. The van der Waals surface area contributed by atoms with Crippen LogP contribution in [0.4, 0.5) is 5.95 Å². The van der Waals surface area contributed by atoms with E-state index in [-0.39, 0.29) is 12.1 Å². The van der Waals surface area contributed by atoms with Gasteiger partial charge in [0.2, 0.25) is 5.95 Å². The monoisotopic (exact) mass is 362 g/mol. The quantitative estimate of drug-likeness (QED) is 0.814. The zero-order valence-electron chi connectivity index (χ0n) is 12.2. The molecule has 1 aromatic carbocycles. The summed E-state index contributed by atoms with van der Waals surface area (Å²) in [6, 6.07) is 5.80. The highest BCUT2D eigenvalue weighted by molar-refractivity contribution is 9.10. The number of aromatic nitrogens is 2. The number of fused-ring (bicyclic) bond motifs is 1. The fourth-order valence-electron chi connectivity index (χ4n) is 2.63. The van der Waals surface area contributed by atoms with Gasteiger partial charge in [-0.15, -0.1) is 0 Å². The minimum Gasteiger partial charge on any atom is -0.378 e. The Morgan fingerprint density at radius 3 is 2.82 bits per heavy atom. The lowest BCUT2D eigenvalue weighted by atomic mass is 10.1. The van der Waals surface area contributed by atoms with Gasteiger partial charge < -0.3 is 9.64 Å². The van der Waals surface area contributed by atoms with Crippen molar-refractivity contribution in [1.82, 2.24) is 9.55 Å². The third-order valence-corrected chi connectivity index (χ3v) is 4.26. The smallest absolute Gasteiger partial charge is 0.263 e. The summed E-state index contributed by atoms with van der Waals surface area (Å²) in [6.45, 7) is 4.42. The molecule has 0 unspecified atom stereocenters. The van der Waals surface area contributed by atoms with Crippen LogP contribution in [0.25, 0.3) is 10.9 Å². The van der Waals surface area contributed by atoms with E-state index in [4.69, 9.17) is 10.00 Å². The molecular weight excluding hydrogens is 348 g/mol. The summed E-state index contributed by atoms with van der Waals surface area (Å²) in [4.78, 5) is 19.4. The number of hydrogen-bond donors (Lipinski definition) is 0. The maximum Gasteiger partial charge on any atom is 0.263 e. The second-order valence-electron chi connectivity index (χ2n) is 5.20. The molecule has 0 saturated carbocycles. The maximum absolute atomic E-state index is 12.8. The molecule has 2 aromatic rings. The summed E-state index contributed by atoms with van der Waals surface area (Å²) in [5.41, 5.74) is 1.42. The molecule has 0 atom stereocenters. The topological polar surface area (TPSA) is 71.2 Å². The van der Waals surface area contributed by atoms with Crippen LogP contribution in [0.1, 0.15) is 5.56 Å². The van der Waals surface area contributed by atoms with Crippen LogP contribution in [0.2, 0.25) is 0 Å². The van der Waals surface area contributed by atoms with Gasteiger partial charge in [0.05, 0.1) is 30.2 Å². The van der Waals surface area contributed by atoms with Crippen molar-refractivity contribution in [1.29, 1.82) is 5.26 Å². The molecule has 0 radical (unpaired) electrons. The highest BCUT2D eigenvalue weighted by Gasteiger charge is 2.20. The Morgan fingerprint density at radius 2 is 2.14 bits per heavy atom. The summed E-state index contributed by atoms with van der Waals surface area (Å²) >= 11 is 3.48. The van der Waals surface area contributed by atoms with Crippen LogP contribution in [-0.2, 0) is 11.3 Å². The van der Waals surface area contributed by atoms with E-state index in [1.807, 2.05) is 24.0 Å². The van der Waals surface area contributed by atoms with Gasteiger partial charge in [-0.2, -0.15) is 5.26 Å². The van der Waals surface area contributed by atoms with E-state index in [0.29, 0.717) is 43.2 Å². The Bertz CT molecular complexity index is 819. The number of anilines is 1. The third-order valence-electron chi connectivity index (χ3n) is 3.66. The zero-order chi connectivity index (χ0) is 15.7. The van der Waals surface area contributed by atoms with E-state index < -0.39 is 0 Å². The number of halogens is 1. The first-order valence-electron chi connectivity index (χ1n) is 7.02. The molecule has 1 aromatic heterocycles. The standard InChI is InChI=1S/C15H15BrN4O2/c1-10-8-11-13(12(16)9-10)18-15(19-4-6-22-7-5-19)20(3-2-17)14(11)21/h8-9H,3-7H2,1H3. The predicted molar refractivity (Wildman–Crippen MR) is 87.1 cm³/mol. The van der Waals surface area contributed by atoms with Crippen LogP contribution < -0.4 is 10.5 Å². The summed E-state index contributed by atoms with van der Waals surface area (Å²) in [6.07, 6.45) is 0. The second kappa shape index (κ2) is 6.07. The van der Waals surface area contributed by atoms with Crippen LogP contribution in [0.5, 0.6) is 0 Å². The number of nitriles is 1. The molecule has 0 amide bonds. The first-order valence-corrected chi connectivity index (χ1v) is 7.81. The summed E-state index contributed by atoms with van der Waals surface area (Å²) in [5.74, 6) is 0.534. The van der Waals surface area contributed by atoms with Crippen molar-refractivity contribution >= 4 is 32.8 Å². The summed E-state index contributed by atoms with van der Waals surface area (Å²) < 4.78 is 7.58. The molecule has 6 nitrogen and oxygen atoms in total. The van der Waals surface area contributed by atoms with Crippen LogP contribution in [0, 0.1) is 18.3 Å². The van der Waals surface area contributed by atoms with Gasteiger partial charge in [-0.25, -0.2) is 4.98 Å². The van der Waals surface area contributed by atoms with Gasteiger partial charge in [0.15, 0.2) is 0 Å². The molecule has 3 rings (SSSR count). The molecule has 1 aliphatic rings. The number of aryl methyl sites for hydroxylation is 1. The van der Waals surface area contributed by atoms with Gasteiger partial charge in [-0.3, -0.25) is 9.36 Å². The molecule has 1 saturated heterocycles. The molecule has 0 bridgehead atoms. The van der Waals surface area contributed by atoms with Gasteiger partial charge >= 0.3 is 0 Å². The van der Waals surface area contributed by atoms with Crippen molar-refractivity contribution in [3.05, 3.63) is 32.5 Å². The van der Waals surface area contributed by atoms with Crippen molar-refractivity contribution in [3.63, 3.8) is 0 Å². The van der Waals surface area contributed by atoms with Gasteiger partial charge in [-0.1, -0.05) is 0 Å². The Labute approximate surface area is 136 Å². The number of rotatable bonds is 2. The third kappa shape index (κ3) is 2.60. The fraction of sp³-hybridized carbons (Fsp3) is 0.400. The van der Waals surface area contributed by atoms with Gasteiger partial charge in [-0.05, 0) is 40.5 Å². The lowest BCUT2D eigenvalue weighted by Crippen LogP contribution is -2.40.